The minimum Gasteiger partial charge on any atom is -0.484 e. The zero-order chi connectivity index (χ0) is 14.8. The van der Waals surface area contributed by atoms with Crippen molar-refractivity contribution in [1.29, 1.82) is 0 Å². The highest BCUT2D eigenvalue weighted by Crippen LogP contribution is 2.35. The lowest BCUT2D eigenvalue weighted by atomic mass is 10.1. The Kier molecular flexibility index (Phi) is 3.88. The number of alkyl halides is 3. The van der Waals surface area contributed by atoms with Crippen LogP contribution in [0.3, 0.4) is 0 Å². The Bertz CT molecular complexity index is 581. The topological polar surface area (TPSA) is 35.2 Å². The van der Waals surface area contributed by atoms with Crippen molar-refractivity contribution in [1.82, 2.24) is 0 Å². The number of ether oxygens (including phenoxy) is 1. The zero-order valence-corrected chi connectivity index (χ0v) is 10.8. The van der Waals surface area contributed by atoms with Crippen LogP contribution < -0.4 is 10.5 Å². The van der Waals surface area contributed by atoms with E-state index in [0.717, 1.165) is 17.7 Å². The first-order valence-electron chi connectivity index (χ1n) is 6.06. The van der Waals surface area contributed by atoms with Gasteiger partial charge in [-0.25, -0.2) is 0 Å². The Morgan fingerprint density at radius 2 is 1.70 bits per heavy atom. The minimum absolute atomic E-state index is 0.0254. The molecule has 2 aromatic carbocycles. The van der Waals surface area contributed by atoms with Gasteiger partial charge in [0, 0.05) is 0 Å². The fourth-order valence-corrected chi connectivity index (χ4v) is 1.81. The fraction of sp³-hybridized carbons (Fsp3) is 0.200. The molecule has 1 atom stereocenters. The second-order valence-corrected chi connectivity index (χ2v) is 4.42. The normalized spacial score (nSPS) is 13.0. The molecule has 0 spiro atoms. The third-order valence-corrected chi connectivity index (χ3v) is 2.91. The highest BCUT2D eigenvalue weighted by Gasteiger charge is 2.31. The summed E-state index contributed by atoms with van der Waals surface area (Å²) in [5.74, 6) is 0.245. The zero-order valence-electron chi connectivity index (χ0n) is 10.8. The summed E-state index contributed by atoms with van der Waals surface area (Å²) >= 11 is 0. The Hall–Kier alpha value is -2.17. The Labute approximate surface area is 115 Å². The molecule has 0 aliphatic carbocycles. The second kappa shape index (κ2) is 5.45. The van der Waals surface area contributed by atoms with E-state index in [9.17, 15) is 13.2 Å². The van der Waals surface area contributed by atoms with Gasteiger partial charge >= 0.3 is 6.18 Å². The minimum atomic E-state index is -4.41. The number of hydrogen-bond acceptors (Lipinski definition) is 2. The van der Waals surface area contributed by atoms with Crippen molar-refractivity contribution in [3.05, 3.63) is 59.7 Å². The predicted octanol–water partition coefficient (Wildman–Crippen LogP) is 4.43. The third-order valence-electron chi connectivity index (χ3n) is 2.91. The van der Waals surface area contributed by atoms with Gasteiger partial charge in [0.1, 0.15) is 11.9 Å². The quantitative estimate of drug-likeness (QED) is 0.845. The predicted molar refractivity (Wildman–Crippen MR) is 71.3 cm³/mol. The van der Waals surface area contributed by atoms with Gasteiger partial charge in [-0.05, 0) is 30.7 Å². The molecule has 2 aromatic rings. The van der Waals surface area contributed by atoms with Crippen LogP contribution in [0.25, 0.3) is 0 Å². The molecule has 0 saturated carbocycles. The van der Waals surface area contributed by atoms with Crippen molar-refractivity contribution >= 4 is 5.69 Å². The first-order chi connectivity index (χ1) is 9.38. The third kappa shape index (κ3) is 3.23. The molecule has 0 aliphatic rings. The Balaban J connectivity index is 2.18. The van der Waals surface area contributed by atoms with Crippen molar-refractivity contribution in [3.63, 3.8) is 0 Å². The number of anilines is 1. The van der Waals surface area contributed by atoms with E-state index in [1.165, 1.54) is 6.07 Å². The first-order valence-corrected chi connectivity index (χ1v) is 6.06. The number of benzene rings is 2. The molecule has 106 valence electrons. The fourth-order valence-electron chi connectivity index (χ4n) is 1.81. The van der Waals surface area contributed by atoms with Crippen LogP contribution in [0.4, 0.5) is 18.9 Å². The van der Waals surface area contributed by atoms with Crippen molar-refractivity contribution in [2.75, 3.05) is 5.73 Å². The van der Waals surface area contributed by atoms with Crippen LogP contribution in [0.5, 0.6) is 5.75 Å². The van der Waals surface area contributed by atoms with Crippen LogP contribution in [-0.2, 0) is 6.18 Å². The van der Waals surface area contributed by atoms with Crippen molar-refractivity contribution in [2.24, 2.45) is 0 Å². The van der Waals surface area contributed by atoms with Crippen LogP contribution >= 0.6 is 0 Å². The average molecular weight is 281 g/mol. The Morgan fingerprint density at radius 3 is 2.25 bits per heavy atom. The maximum atomic E-state index is 12.5. The smallest absolute Gasteiger partial charge is 0.416 e. The summed E-state index contributed by atoms with van der Waals surface area (Å²) in [6.07, 6.45) is -4.70. The van der Waals surface area contributed by atoms with Gasteiger partial charge in [-0.2, -0.15) is 13.2 Å². The van der Waals surface area contributed by atoms with Crippen molar-refractivity contribution < 1.29 is 17.9 Å². The lowest BCUT2D eigenvalue weighted by Gasteiger charge is -2.17. The summed E-state index contributed by atoms with van der Waals surface area (Å²) in [6.45, 7) is 1.81. The van der Waals surface area contributed by atoms with E-state index in [-0.39, 0.29) is 17.5 Å². The van der Waals surface area contributed by atoms with Crippen LogP contribution in [0.1, 0.15) is 24.2 Å². The molecule has 1 unspecified atom stereocenters. The SMILES string of the molecule is CC(Oc1ccc(C(F)(F)F)cc1N)c1ccccc1. The molecule has 2 rings (SSSR count). The summed E-state index contributed by atoms with van der Waals surface area (Å²) in [7, 11) is 0. The largest absolute Gasteiger partial charge is 0.484 e. The number of rotatable bonds is 3. The highest BCUT2D eigenvalue weighted by atomic mass is 19.4. The lowest BCUT2D eigenvalue weighted by Crippen LogP contribution is -2.08. The van der Waals surface area contributed by atoms with Gasteiger partial charge in [0.05, 0.1) is 11.3 Å². The molecule has 0 bridgehead atoms. The van der Waals surface area contributed by atoms with Gasteiger partial charge in [-0.3, -0.25) is 0 Å². The van der Waals surface area contributed by atoms with E-state index in [4.69, 9.17) is 10.5 Å². The number of nitrogen functional groups attached to an aromatic ring is 1. The van der Waals surface area contributed by atoms with E-state index in [2.05, 4.69) is 0 Å². The molecule has 2 N–H and O–H groups in total. The van der Waals surface area contributed by atoms with Crippen LogP contribution in [-0.4, -0.2) is 0 Å². The summed E-state index contributed by atoms with van der Waals surface area (Å²) in [5, 5.41) is 0. The van der Waals surface area contributed by atoms with E-state index in [1.54, 1.807) is 0 Å². The number of nitrogens with two attached hydrogens (primary N) is 1. The molecule has 20 heavy (non-hydrogen) atoms. The van der Waals surface area contributed by atoms with Gasteiger partial charge in [0.25, 0.3) is 0 Å². The summed E-state index contributed by atoms with van der Waals surface area (Å²) in [6, 6.07) is 12.5. The monoisotopic (exact) mass is 281 g/mol. The number of halogens is 3. The molecule has 0 aromatic heterocycles. The van der Waals surface area contributed by atoms with Crippen LogP contribution in [0.2, 0.25) is 0 Å². The van der Waals surface area contributed by atoms with Crippen molar-refractivity contribution in [2.45, 2.75) is 19.2 Å². The standard InChI is InChI=1S/C15H14F3NO/c1-10(11-5-3-2-4-6-11)20-14-8-7-12(9-13(14)19)15(16,17)18/h2-10H,19H2,1H3. The van der Waals surface area contributed by atoms with Crippen molar-refractivity contribution in [3.8, 4) is 5.75 Å². The molecule has 0 saturated heterocycles. The number of hydrogen-bond donors (Lipinski definition) is 1. The van der Waals surface area contributed by atoms with Gasteiger partial charge in [0.15, 0.2) is 0 Å². The van der Waals surface area contributed by atoms with Crippen LogP contribution in [0, 0.1) is 0 Å². The molecule has 0 radical (unpaired) electrons. The molecule has 0 aliphatic heterocycles. The first kappa shape index (κ1) is 14.2. The maximum Gasteiger partial charge on any atom is 0.416 e. The van der Waals surface area contributed by atoms with Gasteiger partial charge in [-0.15, -0.1) is 0 Å². The summed E-state index contributed by atoms with van der Waals surface area (Å²) < 4.78 is 43.2. The Morgan fingerprint density at radius 1 is 1.05 bits per heavy atom. The van der Waals surface area contributed by atoms with E-state index in [1.807, 2.05) is 37.3 Å². The maximum absolute atomic E-state index is 12.5. The lowest BCUT2D eigenvalue weighted by molar-refractivity contribution is -0.137. The summed E-state index contributed by atoms with van der Waals surface area (Å²) in [5.41, 5.74) is 5.73. The second-order valence-electron chi connectivity index (χ2n) is 4.42. The molecule has 5 heteroatoms. The van der Waals surface area contributed by atoms with E-state index in [0.29, 0.717) is 0 Å². The molecular formula is C15H14F3NO. The molecule has 2 nitrogen and oxygen atoms in total. The van der Waals surface area contributed by atoms with Crippen LogP contribution in [0.15, 0.2) is 48.5 Å². The molecule has 0 fully saturated rings. The highest BCUT2D eigenvalue weighted by molar-refractivity contribution is 5.55. The molecule has 0 heterocycles. The van der Waals surface area contributed by atoms with E-state index >= 15 is 0 Å². The average Bonchev–Trinajstić information content (AvgIpc) is 2.41. The van der Waals surface area contributed by atoms with Gasteiger partial charge in [0.2, 0.25) is 0 Å². The van der Waals surface area contributed by atoms with Gasteiger partial charge < -0.3 is 10.5 Å². The molecule has 0 amide bonds. The van der Waals surface area contributed by atoms with Gasteiger partial charge in [-0.1, -0.05) is 30.3 Å². The molecular weight excluding hydrogens is 267 g/mol. The van der Waals surface area contributed by atoms with E-state index < -0.39 is 11.7 Å². The summed E-state index contributed by atoms with van der Waals surface area (Å²) in [4.78, 5) is 0.